The number of nitrogens with one attached hydrogen (secondary N) is 3. The molecule has 61 heavy (non-hydrogen) atoms. The van der Waals surface area contributed by atoms with Crippen LogP contribution in [0.5, 0.6) is 0 Å². The van der Waals surface area contributed by atoms with Gasteiger partial charge in [-0.25, -0.2) is 4.98 Å². The minimum absolute atomic E-state index is 0.00280. The molecule has 1 saturated carbocycles. The summed E-state index contributed by atoms with van der Waals surface area (Å²) in [6, 6.07) is 18.4. The van der Waals surface area contributed by atoms with Gasteiger partial charge in [-0.15, -0.1) is 0 Å². The number of amides is 4. The number of likely N-dealkylation sites (tertiary alicyclic amines) is 1. The maximum Gasteiger partial charge on any atom is 0.234 e. The van der Waals surface area contributed by atoms with E-state index in [2.05, 4.69) is 43.3 Å². The Bertz CT molecular complexity index is 1940. The molecule has 1 aromatic heterocycles. The van der Waals surface area contributed by atoms with Crippen molar-refractivity contribution in [3.05, 3.63) is 78.2 Å². The Morgan fingerprint density at radius 2 is 1.69 bits per heavy atom. The molecule has 2 saturated heterocycles. The number of methoxy groups -OCH3 is 2. The van der Waals surface area contributed by atoms with E-state index in [9.17, 15) is 19.2 Å². The van der Waals surface area contributed by atoms with Crippen molar-refractivity contribution in [2.24, 2.45) is 35.3 Å². The number of imidazole rings is 1. The number of likely N-dealkylation sites (N-methyl/N-ethyl adjacent to an activating group) is 1. The lowest BCUT2D eigenvalue weighted by Crippen LogP contribution is -2.61. The third kappa shape index (κ3) is 9.89. The van der Waals surface area contributed by atoms with E-state index in [-0.39, 0.29) is 65.8 Å². The lowest BCUT2D eigenvalue weighted by molar-refractivity contribution is -0.150. The summed E-state index contributed by atoms with van der Waals surface area (Å²) in [5.41, 5.74) is 8.21. The molecule has 11 atom stereocenters. The number of carbonyl (C=O) groups excluding carboxylic acids is 4. The summed E-state index contributed by atoms with van der Waals surface area (Å²) in [7, 11) is 5.06. The molecule has 4 amide bonds. The highest BCUT2D eigenvalue weighted by Gasteiger charge is 2.59. The summed E-state index contributed by atoms with van der Waals surface area (Å²) in [4.78, 5) is 67.7. The lowest BCUT2D eigenvalue weighted by atomic mass is 9.74. The van der Waals surface area contributed by atoms with Crippen molar-refractivity contribution in [1.29, 1.82) is 0 Å². The number of primary amides is 1. The molecule has 3 unspecified atom stereocenters. The van der Waals surface area contributed by atoms with E-state index in [1.165, 1.54) is 0 Å². The Morgan fingerprint density at radius 1 is 1.00 bits per heavy atom. The summed E-state index contributed by atoms with van der Waals surface area (Å²) in [6.07, 6.45) is 5.90. The highest BCUT2D eigenvalue weighted by molar-refractivity contribution is 5.84. The zero-order valence-corrected chi connectivity index (χ0v) is 37.4. The van der Waals surface area contributed by atoms with Crippen molar-refractivity contribution in [1.82, 2.24) is 30.4 Å². The van der Waals surface area contributed by atoms with Gasteiger partial charge in [0.2, 0.25) is 23.6 Å². The van der Waals surface area contributed by atoms with Crippen LogP contribution in [0.25, 0.3) is 11.3 Å². The number of benzene rings is 2. The summed E-state index contributed by atoms with van der Waals surface area (Å²) < 4.78 is 12.3. The largest absolute Gasteiger partial charge is 0.379 e. The molecule has 3 fully saturated rings. The van der Waals surface area contributed by atoms with E-state index in [0.717, 1.165) is 48.9 Å². The number of hydrogen-bond acceptors (Lipinski definition) is 8. The van der Waals surface area contributed by atoms with Gasteiger partial charge in [-0.2, -0.15) is 0 Å². The molecule has 2 aliphatic heterocycles. The highest BCUT2D eigenvalue weighted by Crippen LogP contribution is 2.50. The van der Waals surface area contributed by atoms with E-state index in [0.29, 0.717) is 25.2 Å². The molecular formula is C48H69N7O6. The van der Waals surface area contributed by atoms with Crippen LogP contribution in [0.3, 0.4) is 0 Å². The topological polar surface area (TPSA) is 172 Å². The third-order valence-electron chi connectivity index (χ3n) is 14.2. The van der Waals surface area contributed by atoms with Crippen molar-refractivity contribution in [3.8, 4) is 11.3 Å². The molecule has 0 spiro atoms. The van der Waals surface area contributed by atoms with Crippen LogP contribution < -0.4 is 16.4 Å². The molecule has 5 N–H and O–H groups in total. The standard InChI is InChI=1S/C48H69N7O6/c1-9-30(4)42(54(6)47(59)40(29(2)3)48-23-22-34(27-48)41(53-48)44(49)57)38(60-7)26-39(56)55-24-16-21-37(55)43(61-8)31(5)46(58)52-35(25-32-17-12-10-13-18-32)45-50-28-36(51-45)33-19-14-11-15-20-33/h10-15,17-20,28-31,34-35,37-38,40-43,53H,9,16,21-27H2,1-8H3,(H2,49,57)(H,50,51)(H,52,58)/t30-,31+,34?,35-,37-,38+,40+,41?,42-,43+,48?/m0/s1. The molecule has 1 aliphatic carbocycles. The Hall–Kier alpha value is -4.59. The average molecular weight is 840 g/mol. The second kappa shape index (κ2) is 20.1. The van der Waals surface area contributed by atoms with E-state index in [4.69, 9.17) is 20.2 Å². The highest BCUT2D eigenvalue weighted by atomic mass is 16.5. The predicted molar refractivity (Wildman–Crippen MR) is 236 cm³/mol. The van der Waals surface area contributed by atoms with Gasteiger partial charge in [0.05, 0.1) is 66.5 Å². The first-order chi connectivity index (χ1) is 29.2. The molecular weight excluding hydrogens is 771 g/mol. The quantitative estimate of drug-likeness (QED) is 0.113. The maximum atomic E-state index is 14.8. The molecule has 13 nitrogen and oxygen atoms in total. The molecule has 3 heterocycles. The van der Waals surface area contributed by atoms with Crippen LogP contribution in [0.1, 0.15) is 97.0 Å². The molecule has 2 bridgehead atoms. The van der Waals surface area contributed by atoms with Crippen LogP contribution >= 0.6 is 0 Å². The SMILES string of the molecule is CC[C@H](C)[C@@H]([C@@H](CC(=O)N1CCC[C@H]1[C@H](OC)[C@@H](C)C(=O)N[C@@H](Cc1ccccc1)c1ncc(-c2ccccc2)[nH]1)OC)N(C)C(=O)[C@@H](C(C)C)C12CCC(C1)C(C(N)=O)N2. The minimum atomic E-state index is -0.596. The number of piperidine rings is 1. The predicted octanol–water partition coefficient (Wildman–Crippen LogP) is 5.67. The Labute approximate surface area is 362 Å². The molecule has 6 rings (SSSR count). The van der Waals surface area contributed by atoms with Gasteiger partial charge in [-0.05, 0) is 67.4 Å². The first-order valence-corrected chi connectivity index (χ1v) is 22.4. The van der Waals surface area contributed by atoms with Crippen molar-refractivity contribution in [3.63, 3.8) is 0 Å². The van der Waals surface area contributed by atoms with Crippen LogP contribution in [-0.4, -0.2) is 107 Å². The van der Waals surface area contributed by atoms with Gasteiger partial charge in [-0.1, -0.05) is 102 Å². The monoisotopic (exact) mass is 840 g/mol. The fraction of sp³-hybridized carbons (Fsp3) is 0.604. The number of H-pyrrole nitrogens is 1. The van der Waals surface area contributed by atoms with Crippen LogP contribution in [0.15, 0.2) is 66.9 Å². The van der Waals surface area contributed by atoms with E-state index < -0.39 is 35.7 Å². The number of ether oxygens (including phenoxy) is 2. The summed E-state index contributed by atoms with van der Waals surface area (Å²) in [5.74, 6) is -0.829. The number of hydrogen-bond donors (Lipinski definition) is 4. The smallest absolute Gasteiger partial charge is 0.234 e. The van der Waals surface area contributed by atoms with E-state index in [1.807, 2.05) is 84.4 Å². The van der Waals surface area contributed by atoms with Crippen molar-refractivity contribution >= 4 is 23.6 Å². The van der Waals surface area contributed by atoms with Crippen LogP contribution in [0.4, 0.5) is 0 Å². The lowest BCUT2D eigenvalue weighted by Gasteiger charge is -2.45. The zero-order chi connectivity index (χ0) is 44.0. The summed E-state index contributed by atoms with van der Waals surface area (Å²) in [6.45, 7) is 10.7. The van der Waals surface area contributed by atoms with Crippen LogP contribution in [-0.2, 0) is 35.1 Å². The molecule has 2 aromatic carbocycles. The number of aromatic amines is 1. The van der Waals surface area contributed by atoms with Crippen LogP contribution in [0, 0.1) is 29.6 Å². The second-order valence-electron chi connectivity index (χ2n) is 18.3. The van der Waals surface area contributed by atoms with Crippen molar-refractivity contribution in [2.75, 3.05) is 27.8 Å². The molecule has 332 valence electrons. The van der Waals surface area contributed by atoms with Gasteiger partial charge in [0.1, 0.15) is 5.82 Å². The summed E-state index contributed by atoms with van der Waals surface area (Å²) in [5, 5.41) is 6.81. The Morgan fingerprint density at radius 3 is 2.30 bits per heavy atom. The van der Waals surface area contributed by atoms with E-state index in [1.54, 1.807) is 20.4 Å². The van der Waals surface area contributed by atoms with E-state index >= 15 is 0 Å². The molecule has 3 aliphatic rings. The van der Waals surface area contributed by atoms with Gasteiger partial charge in [-0.3, -0.25) is 24.5 Å². The second-order valence-corrected chi connectivity index (χ2v) is 18.3. The Kier molecular flexibility index (Phi) is 15.1. The number of nitrogens with zero attached hydrogens (tertiary/aromatic N) is 3. The van der Waals surface area contributed by atoms with Crippen molar-refractivity contribution in [2.45, 2.75) is 128 Å². The summed E-state index contributed by atoms with van der Waals surface area (Å²) >= 11 is 0. The van der Waals surface area contributed by atoms with Gasteiger partial charge >= 0.3 is 0 Å². The fourth-order valence-electron chi connectivity index (χ4n) is 11.0. The molecule has 13 heteroatoms. The Balaban J connectivity index is 1.17. The zero-order valence-electron chi connectivity index (χ0n) is 37.4. The van der Waals surface area contributed by atoms with Crippen molar-refractivity contribution < 1.29 is 28.7 Å². The van der Waals surface area contributed by atoms with Gasteiger partial charge in [0.15, 0.2) is 0 Å². The third-order valence-corrected chi connectivity index (χ3v) is 14.2. The first kappa shape index (κ1) is 45.9. The van der Waals surface area contributed by atoms with Gasteiger partial charge in [0.25, 0.3) is 0 Å². The number of nitrogens with two attached hydrogens (primary N) is 1. The van der Waals surface area contributed by atoms with Crippen LogP contribution in [0.2, 0.25) is 0 Å². The van der Waals surface area contributed by atoms with Gasteiger partial charge < -0.3 is 35.3 Å². The maximum absolute atomic E-state index is 14.8. The minimum Gasteiger partial charge on any atom is -0.379 e. The van der Waals surface area contributed by atoms with Gasteiger partial charge in [0, 0.05) is 33.4 Å². The molecule has 3 aromatic rings. The number of aromatic nitrogens is 2. The molecule has 0 radical (unpaired) electrons. The first-order valence-electron chi connectivity index (χ1n) is 22.4. The fourth-order valence-corrected chi connectivity index (χ4v) is 11.0. The number of rotatable bonds is 20. The average Bonchev–Trinajstić information content (AvgIpc) is 4.09. The normalized spacial score (nSPS) is 24.5. The number of carbonyl (C=O) groups is 4. The number of fused-ring (bicyclic) bond motifs is 2.